The fourth-order valence-electron chi connectivity index (χ4n) is 3.97. The molecule has 5 rings (SSSR count). The van der Waals surface area contributed by atoms with Gasteiger partial charge in [0.05, 0.1) is 16.0 Å². The topological polar surface area (TPSA) is 45.2 Å². The lowest BCUT2D eigenvalue weighted by Crippen LogP contribution is -2.29. The van der Waals surface area contributed by atoms with E-state index in [9.17, 15) is 4.79 Å². The van der Waals surface area contributed by atoms with Gasteiger partial charge in [-0.25, -0.2) is 4.98 Å². The highest BCUT2D eigenvalue weighted by Gasteiger charge is 2.27. The van der Waals surface area contributed by atoms with E-state index in [2.05, 4.69) is 66.5 Å². The lowest BCUT2D eigenvalue weighted by atomic mass is 10.0. The number of carbonyl (C=O) groups is 1. The van der Waals surface area contributed by atoms with Crippen LogP contribution in [0.3, 0.4) is 0 Å². The molecule has 1 aliphatic heterocycles. The molecule has 3 heterocycles. The van der Waals surface area contributed by atoms with Crippen LogP contribution in [-0.2, 0) is 17.8 Å². The van der Waals surface area contributed by atoms with Gasteiger partial charge in [-0.3, -0.25) is 9.69 Å². The molecular weight excluding hydrogens is 490 g/mol. The molecule has 0 aliphatic carbocycles. The number of para-hydroxylation sites is 1. The first-order chi connectivity index (χ1) is 15.6. The predicted octanol–water partition coefficient (Wildman–Crippen LogP) is 6.86. The van der Waals surface area contributed by atoms with Crippen LogP contribution >= 0.6 is 46.8 Å². The highest BCUT2D eigenvalue weighted by molar-refractivity contribution is 8.00. The minimum atomic E-state index is 0. The lowest BCUT2D eigenvalue weighted by molar-refractivity contribution is -0.113. The van der Waals surface area contributed by atoms with Gasteiger partial charge < -0.3 is 5.32 Å². The van der Waals surface area contributed by atoms with Gasteiger partial charge in [0.15, 0.2) is 0 Å². The van der Waals surface area contributed by atoms with Crippen molar-refractivity contribution in [2.24, 2.45) is 0 Å². The van der Waals surface area contributed by atoms with Gasteiger partial charge in [0, 0.05) is 28.4 Å². The van der Waals surface area contributed by atoms with E-state index in [1.165, 1.54) is 20.7 Å². The van der Waals surface area contributed by atoms with Crippen molar-refractivity contribution in [2.75, 3.05) is 24.2 Å². The number of carbonyl (C=O) groups excluding carboxylic acids is 1. The molecule has 0 saturated carbocycles. The number of thioether (sulfide) groups is 1. The average Bonchev–Trinajstić information content (AvgIpc) is 3.38. The number of nitrogens with zero attached hydrogens (tertiary/aromatic N) is 2. The predicted molar refractivity (Wildman–Crippen MR) is 145 cm³/mol. The molecule has 8 heteroatoms. The van der Waals surface area contributed by atoms with E-state index in [1.807, 2.05) is 6.07 Å². The third kappa shape index (κ3) is 5.28. The van der Waals surface area contributed by atoms with Crippen molar-refractivity contribution in [3.63, 3.8) is 0 Å². The Hall–Kier alpha value is -1.90. The summed E-state index contributed by atoms with van der Waals surface area (Å²) in [6.07, 6.45) is 0.999. The van der Waals surface area contributed by atoms with Gasteiger partial charge in [-0.1, -0.05) is 36.8 Å². The van der Waals surface area contributed by atoms with Crippen LogP contribution < -0.4 is 5.32 Å². The average molecular weight is 516 g/mol. The zero-order valence-corrected chi connectivity index (χ0v) is 21.9. The van der Waals surface area contributed by atoms with Crippen molar-refractivity contribution in [1.82, 2.24) is 9.88 Å². The van der Waals surface area contributed by atoms with Gasteiger partial charge >= 0.3 is 0 Å². The normalized spacial score (nSPS) is 13.5. The first-order valence-corrected chi connectivity index (χ1v) is 13.4. The van der Waals surface area contributed by atoms with E-state index >= 15 is 0 Å². The fraction of sp³-hybridized carbons (Fsp3) is 0.280. The Kier molecular flexibility index (Phi) is 7.76. The molecule has 0 spiro atoms. The van der Waals surface area contributed by atoms with Crippen molar-refractivity contribution in [3.05, 3.63) is 64.5 Å². The first-order valence-electron chi connectivity index (χ1n) is 10.8. The van der Waals surface area contributed by atoms with E-state index in [4.69, 9.17) is 4.98 Å². The first kappa shape index (κ1) is 24.2. The third-order valence-corrected chi connectivity index (χ3v) is 8.93. The molecule has 1 N–H and O–H groups in total. The zero-order valence-electron chi connectivity index (χ0n) is 18.6. The summed E-state index contributed by atoms with van der Waals surface area (Å²) in [6.45, 7) is 7.32. The molecule has 1 amide bonds. The van der Waals surface area contributed by atoms with Gasteiger partial charge in [-0.15, -0.1) is 46.8 Å². The van der Waals surface area contributed by atoms with Crippen LogP contribution in [0.25, 0.3) is 20.8 Å². The standard InChI is InChI=1S/C25H25N3OS3.ClH/c1-3-28-13-12-18-21(14-28)32-25(23(18)24-26-19-6-4-5-7-20(19)31-24)27-22(29)15-30-17-10-8-16(2)9-11-17;/h4-11H,3,12-15H2,1-2H3,(H,27,29);1H. The number of hydrogen-bond acceptors (Lipinski definition) is 6. The molecule has 0 radical (unpaired) electrons. The number of nitrogens with one attached hydrogen (secondary N) is 1. The van der Waals surface area contributed by atoms with Crippen molar-refractivity contribution >= 4 is 68.0 Å². The van der Waals surface area contributed by atoms with Crippen LogP contribution in [0.4, 0.5) is 5.00 Å². The van der Waals surface area contributed by atoms with Crippen LogP contribution in [0, 0.1) is 6.92 Å². The molecule has 2 aromatic carbocycles. The van der Waals surface area contributed by atoms with Gasteiger partial charge in [0.1, 0.15) is 10.0 Å². The third-order valence-electron chi connectivity index (χ3n) is 5.73. The molecule has 4 nitrogen and oxygen atoms in total. The van der Waals surface area contributed by atoms with E-state index in [0.717, 1.165) is 52.0 Å². The number of hydrogen-bond donors (Lipinski definition) is 1. The minimum Gasteiger partial charge on any atom is -0.316 e. The molecule has 0 atom stereocenters. The number of benzene rings is 2. The highest BCUT2D eigenvalue weighted by Crippen LogP contribution is 2.45. The van der Waals surface area contributed by atoms with Gasteiger partial charge in [0.2, 0.25) is 5.91 Å². The van der Waals surface area contributed by atoms with Crippen molar-refractivity contribution < 1.29 is 4.79 Å². The molecule has 172 valence electrons. The highest BCUT2D eigenvalue weighted by atomic mass is 35.5. The summed E-state index contributed by atoms with van der Waals surface area (Å²) in [6, 6.07) is 16.6. The summed E-state index contributed by atoms with van der Waals surface area (Å²) in [5.74, 6) is 0.426. The SMILES string of the molecule is CCN1CCc2c(sc(NC(=O)CSc3ccc(C)cc3)c2-c2nc3ccccc3s2)C1.Cl. The second-order valence-corrected chi connectivity index (χ2v) is 11.1. The Bertz CT molecular complexity index is 1230. The van der Waals surface area contributed by atoms with Gasteiger partial charge in [-0.2, -0.15) is 0 Å². The Morgan fingerprint density at radius 3 is 2.70 bits per heavy atom. The number of aromatic nitrogens is 1. The summed E-state index contributed by atoms with van der Waals surface area (Å²) in [5.41, 5.74) is 4.74. The largest absolute Gasteiger partial charge is 0.316 e. The lowest BCUT2D eigenvalue weighted by Gasteiger charge is -2.25. The second kappa shape index (κ2) is 10.6. The Balaban J connectivity index is 0.00000259. The number of rotatable bonds is 6. The van der Waals surface area contributed by atoms with Crippen LogP contribution in [0.1, 0.15) is 22.9 Å². The van der Waals surface area contributed by atoms with Gasteiger partial charge in [0.25, 0.3) is 0 Å². The summed E-state index contributed by atoms with van der Waals surface area (Å²) in [5, 5.41) is 5.19. The second-order valence-electron chi connectivity index (χ2n) is 7.96. The maximum absolute atomic E-state index is 12.9. The number of thiophene rings is 1. The molecule has 0 bridgehead atoms. The summed E-state index contributed by atoms with van der Waals surface area (Å²) >= 11 is 5.01. The molecule has 0 unspecified atom stereocenters. The summed E-state index contributed by atoms with van der Waals surface area (Å²) in [7, 11) is 0. The Morgan fingerprint density at radius 2 is 1.94 bits per heavy atom. The molecular formula is C25H26ClN3OS3. The smallest absolute Gasteiger partial charge is 0.235 e. The monoisotopic (exact) mass is 515 g/mol. The molecule has 0 saturated heterocycles. The number of thiazole rings is 1. The summed E-state index contributed by atoms with van der Waals surface area (Å²) < 4.78 is 1.18. The number of anilines is 1. The summed E-state index contributed by atoms with van der Waals surface area (Å²) in [4.78, 5) is 22.7. The molecule has 0 fully saturated rings. The van der Waals surface area contributed by atoms with Crippen molar-refractivity contribution in [2.45, 2.75) is 31.7 Å². The maximum Gasteiger partial charge on any atom is 0.235 e. The molecule has 2 aromatic heterocycles. The number of likely N-dealkylation sites (N-methyl/N-ethyl adjacent to an activating group) is 1. The van der Waals surface area contributed by atoms with E-state index in [1.54, 1.807) is 34.4 Å². The van der Waals surface area contributed by atoms with Crippen LogP contribution in [0.15, 0.2) is 53.4 Å². The number of amides is 1. The number of aryl methyl sites for hydroxylation is 1. The van der Waals surface area contributed by atoms with Crippen molar-refractivity contribution in [3.8, 4) is 10.6 Å². The van der Waals surface area contributed by atoms with Gasteiger partial charge in [-0.05, 0) is 49.7 Å². The number of halogens is 1. The van der Waals surface area contributed by atoms with Crippen LogP contribution in [0.2, 0.25) is 0 Å². The van der Waals surface area contributed by atoms with Crippen LogP contribution in [-0.4, -0.2) is 34.6 Å². The molecule has 33 heavy (non-hydrogen) atoms. The van der Waals surface area contributed by atoms with E-state index in [-0.39, 0.29) is 18.3 Å². The Labute approximate surface area is 212 Å². The fourth-order valence-corrected chi connectivity index (χ4v) is 7.08. The minimum absolute atomic E-state index is 0. The zero-order chi connectivity index (χ0) is 22.1. The molecule has 4 aromatic rings. The van der Waals surface area contributed by atoms with E-state index in [0.29, 0.717) is 5.75 Å². The maximum atomic E-state index is 12.9. The molecule has 1 aliphatic rings. The number of fused-ring (bicyclic) bond motifs is 2. The Morgan fingerprint density at radius 1 is 1.15 bits per heavy atom. The van der Waals surface area contributed by atoms with E-state index < -0.39 is 0 Å². The van der Waals surface area contributed by atoms with Crippen LogP contribution in [0.5, 0.6) is 0 Å². The quantitative estimate of drug-likeness (QED) is 0.285. The van der Waals surface area contributed by atoms with Crippen molar-refractivity contribution in [1.29, 1.82) is 0 Å².